The van der Waals surface area contributed by atoms with E-state index < -0.39 is 0 Å². The first-order valence-corrected chi connectivity index (χ1v) is 5.28. The Kier molecular flexibility index (Phi) is 4.88. The third kappa shape index (κ3) is 3.38. The Morgan fingerprint density at radius 3 is 2.69 bits per heavy atom. The minimum atomic E-state index is 0.496. The lowest BCUT2D eigenvalue weighted by molar-refractivity contribution is 0.340. The molecule has 1 fully saturated rings. The van der Waals surface area contributed by atoms with Gasteiger partial charge in [-0.05, 0) is 31.6 Å². The first kappa shape index (κ1) is 10.6. The van der Waals surface area contributed by atoms with Gasteiger partial charge in [-0.3, -0.25) is 11.3 Å². The predicted octanol–water partition coefficient (Wildman–Crippen LogP) is 1.81. The van der Waals surface area contributed by atoms with Gasteiger partial charge in [0.2, 0.25) is 0 Å². The lowest BCUT2D eigenvalue weighted by Gasteiger charge is -2.21. The second-order valence-corrected chi connectivity index (χ2v) is 3.91. The van der Waals surface area contributed by atoms with Crippen molar-refractivity contribution in [2.75, 3.05) is 0 Å². The number of nitrogens with one attached hydrogen (secondary N) is 1. The van der Waals surface area contributed by atoms with Crippen LogP contribution in [0.1, 0.15) is 44.9 Å². The van der Waals surface area contributed by atoms with Crippen molar-refractivity contribution in [1.29, 1.82) is 0 Å². The summed E-state index contributed by atoms with van der Waals surface area (Å²) < 4.78 is 0. The second-order valence-electron chi connectivity index (χ2n) is 3.91. The molecule has 1 saturated carbocycles. The third-order valence-electron chi connectivity index (χ3n) is 3.02. The van der Waals surface area contributed by atoms with Crippen LogP contribution in [0.2, 0.25) is 0 Å². The quantitative estimate of drug-likeness (QED) is 0.293. The van der Waals surface area contributed by atoms with Gasteiger partial charge in [-0.1, -0.05) is 12.8 Å². The molecule has 1 unspecified atom stereocenters. The standard InChI is InChI=1S/C11H20N2/c1-2-3-4-9-11(13-12)10-7-5-6-8-10/h1,10-11,13H,3-9,12H2. The van der Waals surface area contributed by atoms with Crippen LogP contribution in [0.5, 0.6) is 0 Å². The maximum atomic E-state index is 5.53. The average molecular weight is 180 g/mol. The molecule has 0 aromatic carbocycles. The van der Waals surface area contributed by atoms with Crippen LogP contribution >= 0.6 is 0 Å². The Morgan fingerprint density at radius 1 is 1.46 bits per heavy atom. The molecule has 0 aromatic heterocycles. The normalized spacial score (nSPS) is 20.0. The number of rotatable bonds is 5. The molecule has 2 nitrogen and oxygen atoms in total. The fourth-order valence-corrected chi connectivity index (χ4v) is 2.24. The van der Waals surface area contributed by atoms with Gasteiger partial charge in [-0.25, -0.2) is 0 Å². The van der Waals surface area contributed by atoms with E-state index in [0.717, 1.165) is 25.2 Å². The number of unbranched alkanes of at least 4 members (excludes halogenated alkanes) is 1. The lowest BCUT2D eigenvalue weighted by Crippen LogP contribution is -2.39. The molecule has 0 amide bonds. The summed E-state index contributed by atoms with van der Waals surface area (Å²) in [7, 11) is 0. The maximum Gasteiger partial charge on any atom is 0.0239 e. The zero-order chi connectivity index (χ0) is 9.52. The summed E-state index contributed by atoms with van der Waals surface area (Å²) in [5, 5.41) is 0. The van der Waals surface area contributed by atoms with E-state index in [4.69, 9.17) is 12.3 Å². The van der Waals surface area contributed by atoms with Crippen molar-refractivity contribution >= 4 is 0 Å². The minimum Gasteiger partial charge on any atom is -0.271 e. The van der Waals surface area contributed by atoms with Crippen molar-refractivity contribution in [3.63, 3.8) is 0 Å². The lowest BCUT2D eigenvalue weighted by atomic mass is 9.94. The van der Waals surface area contributed by atoms with Gasteiger partial charge < -0.3 is 0 Å². The smallest absolute Gasteiger partial charge is 0.0239 e. The van der Waals surface area contributed by atoms with E-state index in [-0.39, 0.29) is 0 Å². The molecule has 13 heavy (non-hydrogen) atoms. The van der Waals surface area contributed by atoms with Gasteiger partial charge in [0.15, 0.2) is 0 Å². The Bertz CT molecular complexity index is 165. The van der Waals surface area contributed by atoms with Crippen LogP contribution in [-0.2, 0) is 0 Å². The monoisotopic (exact) mass is 180 g/mol. The van der Waals surface area contributed by atoms with Crippen molar-refractivity contribution in [2.24, 2.45) is 11.8 Å². The summed E-state index contributed by atoms with van der Waals surface area (Å²) >= 11 is 0. The van der Waals surface area contributed by atoms with Crippen LogP contribution in [0.4, 0.5) is 0 Å². The van der Waals surface area contributed by atoms with Crippen LogP contribution in [0, 0.1) is 18.3 Å². The average Bonchev–Trinajstić information content (AvgIpc) is 2.65. The van der Waals surface area contributed by atoms with Gasteiger partial charge in [0, 0.05) is 12.5 Å². The molecule has 74 valence electrons. The van der Waals surface area contributed by atoms with E-state index in [1.54, 1.807) is 0 Å². The molecule has 1 aliphatic carbocycles. The molecule has 0 spiro atoms. The van der Waals surface area contributed by atoms with Gasteiger partial charge >= 0.3 is 0 Å². The molecule has 3 N–H and O–H groups in total. The molecule has 0 aliphatic heterocycles. The van der Waals surface area contributed by atoms with E-state index in [9.17, 15) is 0 Å². The summed E-state index contributed by atoms with van der Waals surface area (Å²) in [6, 6.07) is 0.496. The number of hydrogen-bond acceptors (Lipinski definition) is 2. The number of hydrogen-bond donors (Lipinski definition) is 2. The van der Waals surface area contributed by atoms with E-state index in [0.29, 0.717) is 6.04 Å². The molecule has 1 aliphatic rings. The number of nitrogens with two attached hydrogens (primary N) is 1. The van der Waals surface area contributed by atoms with Gasteiger partial charge in [-0.2, -0.15) is 0 Å². The molecule has 0 aromatic rings. The molecular weight excluding hydrogens is 160 g/mol. The van der Waals surface area contributed by atoms with Crippen LogP contribution in [0.3, 0.4) is 0 Å². The Hall–Kier alpha value is -0.520. The summed E-state index contributed by atoms with van der Waals surface area (Å²) in [6.45, 7) is 0. The Labute approximate surface area is 81.2 Å². The fourth-order valence-electron chi connectivity index (χ4n) is 2.24. The highest BCUT2D eigenvalue weighted by Gasteiger charge is 2.23. The first-order chi connectivity index (χ1) is 6.38. The van der Waals surface area contributed by atoms with Gasteiger partial charge in [0.05, 0.1) is 0 Å². The number of terminal acetylenes is 1. The van der Waals surface area contributed by atoms with Crippen LogP contribution in [0.15, 0.2) is 0 Å². The van der Waals surface area contributed by atoms with Crippen LogP contribution < -0.4 is 11.3 Å². The first-order valence-electron chi connectivity index (χ1n) is 5.28. The molecule has 0 saturated heterocycles. The maximum absolute atomic E-state index is 5.53. The van der Waals surface area contributed by atoms with Crippen LogP contribution in [0.25, 0.3) is 0 Å². The molecule has 1 atom stereocenters. The highest BCUT2D eigenvalue weighted by Crippen LogP contribution is 2.29. The highest BCUT2D eigenvalue weighted by molar-refractivity contribution is 4.85. The molecule has 0 bridgehead atoms. The van der Waals surface area contributed by atoms with E-state index >= 15 is 0 Å². The van der Waals surface area contributed by atoms with Gasteiger partial charge in [-0.15, -0.1) is 12.3 Å². The Balaban J connectivity index is 2.21. The summed E-state index contributed by atoms with van der Waals surface area (Å²) in [5.74, 6) is 9.00. The predicted molar refractivity (Wildman–Crippen MR) is 55.8 cm³/mol. The zero-order valence-electron chi connectivity index (χ0n) is 8.26. The van der Waals surface area contributed by atoms with E-state index in [1.165, 1.54) is 25.7 Å². The molecule has 2 heteroatoms. The SMILES string of the molecule is C#CCCCC(NN)C1CCCC1. The van der Waals surface area contributed by atoms with E-state index in [1.807, 2.05) is 0 Å². The van der Waals surface area contributed by atoms with E-state index in [2.05, 4.69) is 11.3 Å². The fraction of sp³-hybridized carbons (Fsp3) is 0.818. The van der Waals surface area contributed by atoms with Crippen LogP contribution in [-0.4, -0.2) is 6.04 Å². The van der Waals surface area contributed by atoms with Crippen molar-refractivity contribution in [3.8, 4) is 12.3 Å². The third-order valence-corrected chi connectivity index (χ3v) is 3.02. The largest absolute Gasteiger partial charge is 0.271 e. The van der Waals surface area contributed by atoms with Crippen molar-refractivity contribution in [1.82, 2.24) is 5.43 Å². The molecule has 0 radical (unpaired) electrons. The second kappa shape index (κ2) is 6.01. The molecule has 0 heterocycles. The summed E-state index contributed by atoms with van der Waals surface area (Å²) in [5.41, 5.74) is 2.93. The van der Waals surface area contributed by atoms with Crippen molar-refractivity contribution < 1.29 is 0 Å². The molecule has 1 rings (SSSR count). The van der Waals surface area contributed by atoms with Gasteiger partial charge in [0.25, 0.3) is 0 Å². The summed E-state index contributed by atoms with van der Waals surface area (Å²) in [4.78, 5) is 0. The van der Waals surface area contributed by atoms with Crippen molar-refractivity contribution in [3.05, 3.63) is 0 Å². The molecular formula is C11H20N2. The Morgan fingerprint density at radius 2 is 2.15 bits per heavy atom. The topological polar surface area (TPSA) is 38.0 Å². The highest BCUT2D eigenvalue weighted by atomic mass is 15.2. The number of hydrazine groups is 1. The summed E-state index contributed by atoms with van der Waals surface area (Å²) in [6.07, 6.45) is 13.7. The van der Waals surface area contributed by atoms with Gasteiger partial charge in [0.1, 0.15) is 0 Å². The minimum absolute atomic E-state index is 0.496. The zero-order valence-corrected chi connectivity index (χ0v) is 8.26. The van der Waals surface area contributed by atoms with Crippen molar-refractivity contribution in [2.45, 2.75) is 51.0 Å².